The van der Waals surface area contributed by atoms with Crippen molar-refractivity contribution in [1.29, 1.82) is 0 Å². The van der Waals surface area contributed by atoms with Crippen LogP contribution in [0.5, 0.6) is 0 Å². The first-order chi connectivity index (χ1) is 8.82. The molecule has 0 saturated carbocycles. The van der Waals surface area contributed by atoms with E-state index >= 15 is 0 Å². The predicted molar refractivity (Wildman–Crippen MR) is 61.8 cm³/mol. The van der Waals surface area contributed by atoms with Crippen LogP contribution >= 0.6 is 0 Å². The molecule has 0 saturated heterocycles. The van der Waals surface area contributed by atoms with Gasteiger partial charge in [0.05, 0.1) is 23.1 Å². The summed E-state index contributed by atoms with van der Waals surface area (Å²) in [5, 5.41) is 0. The van der Waals surface area contributed by atoms with Gasteiger partial charge >= 0.3 is 6.18 Å². The smallest absolute Gasteiger partial charge is 0.368 e. The molecule has 102 valence electrons. The van der Waals surface area contributed by atoms with Crippen LogP contribution in [0.3, 0.4) is 0 Å². The maximum absolute atomic E-state index is 12.6. The number of aromatic nitrogens is 2. The van der Waals surface area contributed by atoms with Crippen LogP contribution in [0.1, 0.15) is 11.4 Å². The molecule has 0 atom stereocenters. The van der Waals surface area contributed by atoms with E-state index in [2.05, 4.69) is 4.98 Å². The van der Waals surface area contributed by atoms with E-state index in [4.69, 9.17) is 11.5 Å². The number of amides is 1. The van der Waals surface area contributed by atoms with Crippen molar-refractivity contribution >= 4 is 16.9 Å². The molecule has 0 aliphatic carbocycles. The molecule has 5 nitrogen and oxygen atoms in total. The maximum Gasteiger partial charge on any atom is 0.416 e. The van der Waals surface area contributed by atoms with Crippen LogP contribution in [0.15, 0.2) is 18.2 Å². The van der Waals surface area contributed by atoms with Gasteiger partial charge in [0, 0.05) is 0 Å². The van der Waals surface area contributed by atoms with Crippen molar-refractivity contribution in [3.63, 3.8) is 0 Å². The topological polar surface area (TPSA) is 86.9 Å². The van der Waals surface area contributed by atoms with Gasteiger partial charge in [-0.25, -0.2) is 4.98 Å². The minimum atomic E-state index is -4.44. The molecule has 0 radical (unpaired) electrons. The zero-order valence-corrected chi connectivity index (χ0v) is 9.74. The number of nitrogens with zero attached hydrogens (tertiary/aromatic N) is 2. The quantitative estimate of drug-likeness (QED) is 0.873. The van der Waals surface area contributed by atoms with Gasteiger partial charge in [0.25, 0.3) is 0 Å². The second-order valence-corrected chi connectivity index (χ2v) is 3.99. The van der Waals surface area contributed by atoms with E-state index in [0.29, 0.717) is 11.3 Å². The second-order valence-electron chi connectivity index (χ2n) is 3.99. The van der Waals surface area contributed by atoms with Gasteiger partial charge in [-0.05, 0) is 18.2 Å². The van der Waals surface area contributed by atoms with Crippen LogP contribution in [-0.2, 0) is 24.1 Å². The van der Waals surface area contributed by atoms with Gasteiger partial charge in [0.1, 0.15) is 12.4 Å². The Labute approximate surface area is 106 Å². The van der Waals surface area contributed by atoms with Gasteiger partial charge < -0.3 is 16.0 Å². The number of primary amides is 1. The van der Waals surface area contributed by atoms with E-state index < -0.39 is 17.6 Å². The molecule has 8 heteroatoms. The summed E-state index contributed by atoms with van der Waals surface area (Å²) in [6, 6.07) is 3.11. The van der Waals surface area contributed by atoms with Gasteiger partial charge in [-0.3, -0.25) is 4.79 Å². The van der Waals surface area contributed by atoms with Crippen molar-refractivity contribution in [2.75, 3.05) is 0 Å². The summed E-state index contributed by atoms with van der Waals surface area (Å²) in [5.74, 6) is -0.304. The number of fused-ring (bicyclic) bond motifs is 1. The first-order valence-electron chi connectivity index (χ1n) is 5.37. The van der Waals surface area contributed by atoms with E-state index in [1.165, 1.54) is 10.6 Å². The Kier molecular flexibility index (Phi) is 3.19. The van der Waals surface area contributed by atoms with Crippen molar-refractivity contribution in [2.24, 2.45) is 11.5 Å². The molecule has 4 N–H and O–H groups in total. The molecule has 0 aliphatic heterocycles. The molecule has 0 bridgehead atoms. The molecule has 0 fully saturated rings. The maximum atomic E-state index is 12.6. The lowest BCUT2D eigenvalue weighted by Crippen LogP contribution is -2.21. The molecule has 1 heterocycles. The van der Waals surface area contributed by atoms with Crippen molar-refractivity contribution in [3.05, 3.63) is 29.6 Å². The Morgan fingerprint density at radius 2 is 2.05 bits per heavy atom. The molecule has 2 aromatic rings. The van der Waals surface area contributed by atoms with Crippen molar-refractivity contribution in [2.45, 2.75) is 19.3 Å². The van der Waals surface area contributed by atoms with Crippen molar-refractivity contribution in [3.8, 4) is 0 Å². The molecule has 2 rings (SSSR count). The average molecular weight is 272 g/mol. The van der Waals surface area contributed by atoms with Crippen molar-refractivity contribution < 1.29 is 18.0 Å². The molecule has 0 unspecified atom stereocenters. The third kappa shape index (κ3) is 2.53. The summed E-state index contributed by atoms with van der Waals surface area (Å²) in [6.07, 6.45) is -4.44. The molecule has 0 aliphatic rings. The van der Waals surface area contributed by atoms with Gasteiger partial charge in [-0.1, -0.05) is 0 Å². The molecular formula is C11H11F3N4O. The number of nitrogens with two attached hydrogens (primary N) is 2. The lowest BCUT2D eigenvalue weighted by atomic mass is 10.2. The molecule has 0 spiro atoms. The monoisotopic (exact) mass is 272 g/mol. The SMILES string of the molecule is NCc1nc2cc(C(F)(F)F)ccc2n1CC(N)=O. The van der Waals surface area contributed by atoms with Crippen LogP contribution in [0, 0.1) is 0 Å². The zero-order valence-electron chi connectivity index (χ0n) is 9.74. The summed E-state index contributed by atoms with van der Waals surface area (Å²) in [6.45, 7) is -0.169. The lowest BCUT2D eigenvalue weighted by Gasteiger charge is -2.07. The van der Waals surface area contributed by atoms with Gasteiger partial charge in [0.15, 0.2) is 0 Å². The van der Waals surface area contributed by atoms with Crippen LogP contribution in [-0.4, -0.2) is 15.5 Å². The summed E-state index contributed by atoms with van der Waals surface area (Å²) < 4.78 is 39.2. The highest BCUT2D eigenvalue weighted by Crippen LogP contribution is 2.31. The fourth-order valence-corrected chi connectivity index (χ4v) is 1.84. The lowest BCUT2D eigenvalue weighted by molar-refractivity contribution is -0.137. The number of rotatable bonds is 3. The fraction of sp³-hybridized carbons (Fsp3) is 0.273. The van der Waals surface area contributed by atoms with Crippen LogP contribution in [0.2, 0.25) is 0 Å². The van der Waals surface area contributed by atoms with E-state index in [1.54, 1.807) is 0 Å². The Morgan fingerprint density at radius 3 is 2.58 bits per heavy atom. The second kappa shape index (κ2) is 4.54. The third-order valence-electron chi connectivity index (χ3n) is 2.65. The van der Waals surface area contributed by atoms with E-state index in [9.17, 15) is 18.0 Å². The standard InChI is InChI=1S/C11H11F3N4O/c12-11(13,14)6-1-2-8-7(3-6)17-10(4-15)18(8)5-9(16)19/h1-3H,4-5,15H2,(H2,16,19). The number of halogens is 3. The summed E-state index contributed by atoms with van der Waals surface area (Å²) in [7, 11) is 0. The van der Waals surface area contributed by atoms with Crippen LogP contribution in [0.4, 0.5) is 13.2 Å². The number of alkyl halides is 3. The summed E-state index contributed by atoms with van der Waals surface area (Å²) >= 11 is 0. The minimum absolute atomic E-state index is 0.00328. The highest BCUT2D eigenvalue weighted by Gasteiger charge is 2.31. The van der Waals surface area contributed by atoms with Gasteiger partial charge in [-0.15, -0.1) is 0 Å². The Balaban J connectivity index is 2.60. The number of benzene rings is 1. The fourth-order valence-electron chi connectivity index (χ4n) is 1.84. The first-order valence-corrected chi connectivity index (χ1v) is 5.37. The molecule has 1 aromatic carbocycles. The zero-order chi connectivity index (χ0) is 14.2. The number of hydrogen-bond acceptors (Lipinski definition) is 3. The number of carbonyl (C=O) groups excluding carboxylic acids is 1. The molecule has 1 amide bonds. The van der Waals surface area contributed by atoms with Gasteiger partial charge in [-0.2, -0.15) is 13.2 Å². The van der Waals surface area contributed by atoms with Crippen LogP contribution < -0.4 is 11.5 Å². The molecule has 1 aromatic heterocycles. The Bertz CT molecular complexity index is 633. The van der Waals surface area contributed by atoms with E-state index in [0.717, 1.165) is 12.1 Å². The Morgan fingerprint density at radius 1 is 1.37 bits per heavy atom. The average Bonchev–Trinajstić information content (AvgIpc) is 2.65. The van der Waals surface area contributed by atoms with E-state index in [1.807, 2.05) is 0 Å². The summed E-state index contributed by atoms with van der Waals surface area (Å²) in [5.41, 5.74) is 10.3. The highest BCUT2D eigenvalue weighted by molar-refractivity contribution is 5.80. The van der Waals surface area contributed by atoms with E-state index in [-0.39, 0.29) is 18.6 Å². The van der Waals surface area contributed by atoms with Crippen molar-refractivity contribution in [1.82, 2.24) is 9.55 Å². The summed E-state index contributed by atoms with van der Waals surface area (Å²) in [4.78, 5) is 14.9. The largest absolute Gasteiger partial charge is 0.416 e. The number of carbonyl (C=O) groups is 1. The number of imidazole rings is 1. The predicted octanol–water partition coefficient (Wildman–Crippen LogP) is 0.999. The minimum Gasteiger partial charge on any atom is -0.368 e. The number of hydrogen-bond donors (Lipinski definition) is 2. The third-order valence-corrected chi connectivity index (χ3v) is 2.65. The normalized spacial score (nSPS) is 12.0. The molecule has 19 heavy (non-hydrogen) atoms. The van der Waals surface area contributed by atoms with Crippen LogP contribution in [0.25, 0.3) is 11.0 Å². The Hall–Kier alpha value is -2.09. The highest BCUT2D eigenvalue weighted by atomic mass is 19.4. The molecular weight excluding hydrogens is 261 g/mol. The van der Waals surface area contributed by atoms with Gasteiger partial charge in [0.2, 0.25) is 5.91 Å². The first kappa shape index (κ1) is 13.3.